The summed E-state index contributed by atoms with van der Waals surface area (Å²) in [5, 5.41) is 9.09. The van der Waals surface area contributed by atoms with E-state index in [0.717, 1.165) is 5.56 Å². The highest BCUT2D eigenvalue weighted by molar-refractivity contribution is 7.21. The van der Waals surface area contributed by atoms with Gasteiger partial charge in [-0.3, -0.25) is 14.5 Å². The Bertz CT molecular complexity index is 1840. The first-order chi connectivity index (χ1) is 22.0. The highest BCUT2D eigenvalue weighted by atomic mass is 32.1. The largest absolute Gasteiger partial charge is 0.457 e. The van der Waals surface area contributed by atoms with Crippen molar-refractivity contribution in [2.45, 2.75) is 45.8 Å². The Kier molecular flexibility index (Phi) is 8.26. The van der Waals surface area contributed by atoms with Crippen LogP contribution in [0.25, 0.3) is 10.2 Å². The number of para-hydroxylation sites is 1. The SMILES string of the molecule is Cc1cc(Oc2ccccc2)ccc1N1C(=O)Nc2c(C(=O)N[C@@H]3CCN(C(=O)CNC(=O)OC(C)(C)C)C3)sc3nccc1c23. The molecule has 12 nitrogen and oxygen atoms in total. The van der Waals surface area contributed by atoms with Crippen LogP contribution in [0.2, 0.25) is 0 Å². The molecule has 4 heterocycles. The van der Waals surface area contributed by atoms with Crippen molar-refractivity contribution in [3.8, 4) is 11.5 Å². The normalized spacial score (nSPS) is 15.8. The predicted molar refractivity (Wildman–Crippen MR) is 175 cm³/mol. The molecule has 0 aliphatic carbocycles. The van der Waals surface area contributed by atoms with Crippen molar-refractivity contribution in [2.75, 3.05) is 29.9 Å². The lowest BCUT2D eigenvalue weighted by atomic mass is 10.1. The van der Waals surface area contributed by atoms with Crippen LogP contribution in [0.15, 0.2) is 60.8 Å². The summed E-state index contributed by atoms with van der Waals surface area (Å²) in [4.78, 5) is 60.3. The summed E-state index contributed by atoms with van der Waals surface area (Å²) in [7, 11) is 0. The number of ether oxygens (including phenoxy) is 2. The van der Waals surface area contributed by atoms with E-state index in [9.17, 15) is 19.2 Å². The first kappa shape index (κ1) is 30.8. The van der Waals surface area contributed by atoms with Crippen LogP contribution in [0.1, 0.15) is 42.4 Å². The summed E-state index contributed by atoms with van der Waals surface area (Å²) in [5.41, 5.74) is 1.86. The van der Waals surface area contributed by atoms with Gasteiger partial charge in [-0.2, -0.15) is 0 Å². The fourth-order valence-electron chi connectivity index (χ4n) is 5.48. The maximum absolute atomic E-state index is 13.6. The van der Waals surface area contributed by atoms with Gasteiger partial charge < -0.3 is 30.3 Å². The van der Waals surface area contributed by atoms with E-state index in [4.69, 9.17) is 9.47 Å². The number of hydrogen-bond donors (Lipinski definition) is 3. The molecule has 4 aromatic rings. The molecule has 46 heavy (non-hydrogen) atoms. The standard InChI is InChI=1S/C33H34N6O6S/c1-19-16-22(44-21-8-6-5-7-9-21)10-11-23(19)39-24-12-14-34-30-26(24)27(37-31(39)42)28(46-30)29(41)36-20-13-15-38(18-20)25(40)17-35-32(43)45-33(2,3)4/h5-12,14,16,20H,13,15,17-18H2,1-4H3,(H,35,43)(H,36,41)(H,37,42)/t20-/m1/s1. The van der Waals surface area contributed by atoms with Gasteiger partial charge in [0.15, 0.2) is 0 Å². The molecule has 5 amide bonds. The van der Waals surface area contributed by atoms with Gasteiger partial charge in [-0.05, 0) is 76.1 Å². The first-order valence-electron chi connectivity index (χ1n) is 14.9. The second-order valence-electron chi connectivity index (χ2n) is 12.1. The van der Waals surface area contributed by atoms with Crippen LogP contribution in [-0.2, 0) is 9.53 Å². The van der Waals surface area contributed by atoms with Gasteiger partial charge in [0.25, 0.3) is 5.91 Å². The number of carbonyl (C=O) groups excluding carboxylic acids is 4. The fraction of sp³-hybridized carbons (Fsp3) is 0.303. The lowest BCUT2D eigenvalue weighted by Gasteiger charge is -2.29. The van der Waals surface area contributed by atoms with E-state index in [-0.39, 0.29) is 24.4 Å². The third-order valence-corrected chi connectivity index (χ3v) is 8.60. The van der Waals surface area contributed by atoms with E-state index < -0.39 is 17.7 Å². The van der Waals surface area contributed by atoms with Crippen molar-refractivity contribution in [2.24, 2.45) is 0 Å². The Balaban J connectivity index is 1.16. The number of nitrogens with one attached hydrogen (secondary N) is 3. The molecule has 1 atom stereocenters. The van der Waals surface area contributed by atoms with Crippen LogP contribution in [0.4, 0.5) is 26.7 Å². The minimum atomic E-state index is -0.668. The number of nitrogens with zero attached hydrogens (tertiary/aromatic N) is 3. The lowest BCUT2D eigenvalue weighted by Crippen LogP contribution is -2.43. The molecule has 2 aliphatic heterocycles. The van der Waals surface area contributed by atoms with E-state index >= 15 is 0 Å². The Morgan fingerprint density at radius 2 is 1.85 bits per heavy atom. The maximum Gasteiger partial charge on any atom is 0.408 e. The molecule has 238 valence electrons. The number of thiophene rings is 1. The van der Waals surface area contributed by atoms with Crippen molar-refractivity contribution < 1.29 is 28.7 Å². The Morgan fingerprint density at radius 1 is 1.07 bits per heavy atom. The van der Waals surface area contributed by atoms with Crippen molar-refractivity contribution in [3.05, 3.63) is 71.2 Å². The maximum atomic E-state index is 13.6. The average Bonchev–Trinajstić information content (AvgIpc) is 3.62. The molecule has 0 bridgehead atoms. The lowest BCUT2D eigenvalue weighted by molar-refractivity contribution is -0.129. The Labute approximate surface area is 269 Å². The van der Waals surface area contributed by atoms with Crippen LogP contribution < -0.4 is 25.6 Å². The molecule has 2 aromatic heterocycles. The number of aryl methyl sites for hydroxylation is 1. The quantitative estimate of drug-likeness (QED) is 0.227. The van der Waals surface area contributed by atoms with Gasteiger partial charge in [-0.1, -0.05) is 18.2 Å². The van der Waals surface area contributed by atoms with E-state index in [1.54, 1.807) is 42.8 Å². The van der Waals surface area contributed by atoms with Gasteiger partial charge >= 0.3 is 12.1 Å². The number of pyridine rings is 1. The molecular formula is C33H34N6O6S. The average molecular weight is 643 g/mol. The summed E-state index contributed by atoms with van der Waals surface area (Å²) < 4.78 is 11.2. The fourth-order valence-corrected chi connectivity index (χ4v) is 6.50. The molecule has 2 aromatic carbocycles. The monoisotopic (exact) mass is 642 g/mol. The van der Waals surface area contributed by atoms with Crippen LogP contribution >= 0.6 is 11.3 Å². The van der Waals surface area contributed by atoms with Crippen LogP contribution in [0.5, 0.6) is 11.5 Å². The van der Waals surface area contributed by atoms with Gasteiger partial charge in [0, 0.05) is 25.3 Å². The Hall–Kier alpha value is -5.17. The summed E-state index contributed by atoms with van der Waals surface area (Å²) in [6.07, 6.45) is 1.51. The van der Waals surface area contributed by atoms with E-state index in [0.29, 0.717) is 63.2 Å². The molecule has 0 unspecified atom stereocenters. The molecule has 0 saturated carbocycles. The number of hydrogen-bond acceptors (Lipinski definition) is 8. The predicted octanol–water partition coefficient (Wildman–Crippen LogP) is 5.94. The van der Waals surface area contributed by atoms with Gasteiger partial charge in [-0.25, -0.2) is 14.6 Å². The van der Waals surface area contributed by atoms with Crippen molar-refractivity contribution in [1.29, 1.82) is 0 Å². The second-order valence-corrected chi connectivity index (χ2v) is 13.1. The number of anilines is 3. The molecule has 2 aliphatic rings. The Morgan fingerprint density at radius 3 is 2.59 bits per heavy atom. The summed E-state index contributed by atoms with van der Waals surface area (Å²) in [6, 6.07) is 16.0. The van der Waals surface area contributed by atoms with E-state index in [1.165, 1.54) is 11.3 Å². The van der Waals surface area contributed by atoms with E-state index in [1.807, 2.05) is 55.5 Å². The molecule has 0 radical (unpaired) electrons. The van der Waals surface area contributed by atoms with Crippen LogP contribution in [0, 0.1) is 6.92 Å². The molecule has 6 rings (SSSR count). The molecule has 1 saturated heterocycles. The zero-order valence-corrected chi connectivity index (χ0v) is 26.7. The van der Waals surface area contributed by atoms with E-state index in [2.05, 4.69) is 20.9 Å². The summed E-state index contributed by atoms with van der Waals surface area (Å²) >= 11 is 1.20. The van der Waals surface area contributed by atoms with Gasteiger partial charge in [0.1, 0.15) is 33.4 Å². The van der Waals surface area contributed by atoms with Crippen molar-refractivity contribution in [3.63, 3.8) is 0 Å². The number of urea groups is 1. The number of carbonyl (C=O) groups is 4. The molecule has 13 heteroatoms. The van der Waals surface area contributed by atoms with Crippen molar-refractivity contribution >= 4 is 62.6 Å². The summed E-state index contributed by atoms with van der Waals surface area (Å²) in [5.74, 6) is 0.728. The highest BCUT2D eigenvalue weighted by Crippen LogP contribution is 2.46. The highest BCUT2D eigenvalue weighted by Gasteiger charge is 2.35. The summed E-state index contributed by atoms with van der Waals surface area (Å²) in [6.45, 7) is 7.67. The second kappa shape index (κ2) is 12.3. The third kappa shape index (κ3) is 6.45. The number of benzene rings is 2. The number of amides is 5. The molecule has 0 spiro atoms. The van der Waals surface area contributed by atoms with Crippen LogP contribution in [0.3, 0.4) is 0 Å². The van der Waals surface area contributed by atoms with Crippen LogP contribution in [-0.4, -0.2) is 65.1 Å². The molecule has 1 fully saturated rings. The van der Waals surface area contributed by atoms with Gasteiger partial charge in [0.2, 0.25) is 5.91 Å². The van der Waals surface area contributed by atoms with Gasteiger partial charge in [-0.15, -0.1) is 11.3 Å². The first-order valence-corrected chi connectivity index (χ1v) is 15.7. The third-order valence-electron chi connectivity index (χ3n) is 7.50. The smallest absolute Gasteiger partial charge is 0.408 e. The van der Waals surface area contributed by atoms with Gasteiger partial charge in [0.05, 0.1) is 22.4 Å². The topological polar surface area (TPSA) is 142 Å². The number of alkyl carbamates (subject to hydrolysis) is 1. The molecule has 3 N–H and O–H groups in total. The van der Waals surface area contributed by atoms with Crippen molar-refractivity contribution in [1.82, 2.24) is 20.5 Å². The minimum Gasteiger partial charge on any atom is -0.457 e. The number of likely N-dealkylation sites (tertiary alicyclic amines) is 1. The zero-order chi connectivity index (χ0) is 32.6. The zero-order valence-electron chi connectivity index (χ0n) is 25.9. The minimum absolute atomic E-state index is 0.199. The molecular weight excluding hydrogens is 608 g/mol. The number of rotatable bonds is 7. The number of aromatic nitrogens is 1.